The molecule has 1 aromatic rings. The molecule has 1 atom stereocenters. The van der Waals surface area contributed by atoms with Gasteiger partial charge < -0.3 is 14.6 Å². The quantitative estimate of drug-likeness (QED) is 0.854. The van der Waals surface area contributed by atoms with E-state index in [0.717, 1.165) is 38.1 Å². The van der Waals surface area contributed by atoms with E-state index in [4.69, 9.17) is 4.42 Å². The number of hydrogen-bond acceptors (Lipinski definition) is 2. The molecule has 1 fully saturated rings. The Morgan fingerprint density at radius 2 is 2.56 bits per heavy atom. The lowest BCUT2D eigenvalue weighted by Crippen LogP contribution is -2.39. The van der Waals surface area contributed by atoms with Gasteiger partial charge in [-0.15, -0.1) is 0 Å². The molecule has 0 aliphatic carbocycles. The molecule has 1 saturated heterocycles. The number of hydrogen-bond donors (Lipinski definition) is 1. The molecule has 1 aliphatic heterocycles. The van der Waals surface area contributed by atoms with E-state index in [9.17, 15) is 4.79 Å². The van der Waals surface area contributed by atoms with E-state index in [-0.39, 0.29) is 12.1 Å². The van der Waals surface area contributed by atoms with Crippen molar-refractivity contribution in [2.45, 2.75) is 32.2 Å². The third-order valence-corrected chi connectivity index (χ3v) is 2.91. The molecular formula is C12H18N2O2. The van der Waals surface area contributed by atoms with Crippen LogP contribution in [-0.2, 0) is 0 Å². The number of carbonyl (C=O) groups is 1. The van der Waals surface area contributed by atoms with Crippen molar-refractivity contribution in [2.75, 3.05) is 13.1 Å². The fourth-order valence-electron chi connectivity index (χ4n) is 2.12. The lowest BCUT2D eigenvalue weighted by Gasteiger charge is -2.23. The number of nitrogens with one attached hydrogen (secondary N) is 1. The van der Waals surface area contributed by atoms with E-state index in [1.807, 2.05) is 24.0 Å². The van der Waals surface area contributed by atoms with Crippen LogP contribution >= 0.6 is 0 Å². The summed E-state index contributed by atoms with van der Waals surface area (Å²) in [5.74, 6) is 0.893. The SMILES string of the molecule is CCCNC(=O)N1CCCC1c1ccco1. The van der Waals surface area contributed by atoms with Gasteiger partial charge in [-0.2, -0.15) is 0 Å². The van der Waals surface area contributed by atoms with Gasteiger partial charge in [-0.25, -0.2) is 4.79 Å². The van der Waals surface area contributed by atoms with Crippen LogP contribution in [0.5, 0.6) is 0 Å². The Kier molecular flexibility index (Phi) is 3.49. The van der Waals surface area contributed by atoms with E-state index < -0.39 is 0 Å². The first-order chi connectivity index (χ1) is 7.83. The maximum absolute atomic E-state index is 11.9. The number of likely N-dealkylation sites (tertiary alicyclic amines) is 1. The Morgan fingerprint density at radius 1 is 1.69 bits per heavy atom. The first-order valence-corrected chi connectivity index (χ1v) is 5.90. The van der Waals surface area contributed by atoms with Crippen LogP contribution in [0.2, 0.25) is 0 Å². The summed E-state index contributed by atoms with van der Waals surface area (Å²) in [5, 5.41) is 2.91. The van der Waals surface area contributed by atoms with Gasteiger partial charge in [0.05, 0.1) is 12.3 Å². The van der Waals surface area contributed by atoms with Crippen molar-refractivity contribution in [3.05, 3.63) is 24.2 Å². The van der Waals surface area contributed by atoms with Gasteiger partial charge in [0.15, 0.2) is 0 Å². The highest BCUT2D eigenvalue weighted by Gasteiger charge is 2.31. The Hall–Kier alpha value is -1.45. The average Bonchev–Trinajstić information content (AvgIpc) is 2.94. The fraction of sp³-hybridized carbons (Fsp3) is 0.583. The number of furan rings is 1. The summed E-state index contributed by atoms with van der Waals surface area (Å²) in [5.41, 5.74) is 0. The van der Waals surface area contributed by atoms with E-state index in [1.165, 1.54) is 0 Å². The topological polar surface area (TPSA) is 45.5 Å². The van der Waals surface area contributed by atoms with Crippen LogP contribution in [0.4, 0.5) is 4.79 Å². The van der Waals surface area contributed by atoms with Crippen molar-refractivity contribution in [2.24, 2.45) is 0 Å². The molecule has 2 heterocycles. The minimum atomic E-state index is 0.0285. The van der Waals surface area contributed by atoms with Crippen LogP contribution in [0, 0.1) is 0 Å². The zero-order chi connectivity index (χ0) is 11.4. The van der Waals surface area contributed by atoms with Crippen LogP contribution in [0.25, 0.3) is 0 Å². The van der Waals surface area contributed by atoms with Gasteiger partial charge in [-0.3, -0.25) is 0 Å². The Balaban J connectivity index is 2.01. The number of urea groups is 1. The second-order valence-corrected chi connectivity index (χ2v) is 4.10. The van der Waals surface area contributed by atoms with Crippen molar-refractivity contribution >= 4 is 6.03 Å². The Labute approximate surface area is 95.6 Å². The van der Waals surface area contributed by atoms with Gasteiger partial charge in [0.2, 0.25) is 0 Å². The van der Waals surface area contributed by atoms with E-state index in [1.54, 1.807) is 6.26 Å². The maximum atomic E-state index is 11.9. The monoisotopic (exact) mass is 222 g/mol. The zero-order valence-electron chi connectivity index (χ0n) is 9.61. The number of rotatable bonds is 3. The van der Waals surface area contributed by atoms with Gasteiger partial charge in [0.1, 0.15) is 5.76 Å². The predicted molar refractivity (Wildman–Crippen MR) is 61.1 cm³/mol. The van der Waals surface area contributed by atoms with Crippen LogP contribution in [0.15, 0.2) is 22.8 Å². The molecular weight excluding hydrogens is 204 g/mol. The first kappa shape index (κ1) is 11.0. The van der Waals surface area contributed by atoms with E-state index >= 15 is 0 Å². The van der Waals surface area contributed by atoms with Gasteiger partial charge in [-0.1, -0.05) is 6.92 Å². The van der Waals surface area contributed by atoms with Crippen LogP contribution in [0.1, 0.15) is 38.0 Å². The normalized spacial score (nSPS) is 20.1. The smallest absolute Gasteiger partial charge is 0.318 e. The molecule has 1 unspecified atom stereocenters. The highest BCUT2D eigenvalue weighted by molar-refractivity contribution is 5.74. The first-order valence-electron chi connectivity index (χ1n) is 5.90. The van der Waals surface area contributed by atoms with Crippen molar-refractivity contribution < 1.29 is 9.21 Å². The lowest BCUT2D eigenvalue weighted by molar-refractivity contribution is 0.186. The van der Waals surface area contributed by atoms with Gasteiger partial charge in [-0.05, 0) is 31.4 Å². The van der Waals surface area contributed by atoms with Gasteiger partial charge >= 0.3 is 6.03 Å². The second kappa shape index (κ2) is 5.05. The Morgan fingerprint density at radius 3 is 3.25 bits per heavy atom. The van der Waals surface area contributed by atoms with E-state index in [0.29, 0.717) is 0 Å². The van der Waals surface area contributed by atoms with Crippen molar-refractivity contribution in [3.8, 4) is 0 Å². The zero-order valence-corrected chi connectivity index (χ0v) is 9.61. The molecule has 1 N–H and O–H groups in total. The minimum absolute atomic E-state index is 0.0285. The number of nitrogens with zero attached hydrogens (tertiary/aromatic N) is 1. The molecule has 2 amide bonds. The lowest BCUT2D eigenvalue weighted by atomic mass is 10.2. The molecule has 4 nitrogen and oxygen atoms in total. The molecule has 1 aliphatic rings. The number of carbonyl (C=O) groups excluding carboxylic acids is 1. The third-order valence-electron chi connectivity index (χ3n) is 2.91. The number of amides is 2. The van der Waals surface area contributed by atoms with E-state index in [2.05, 4.69) is 5.32 Å². The summed E-state index contributed by atoms with van der Waals surface area (Å²) < 4.78 is 5.38. The standard InChI is InChI=1S/C12H18N2O2/c1-2-7-13-12(15)14-8-3-5-10(14)11-6-4-9-16-11/h4,6,9-10H,2-3,5,7-8H2,1H3,(H,13,15). The predicted octanol–water partition coefficient (Wildman–Crippen LogP) is 2.54. The fourth-order valence-corrected chi connectivity index (χ4v) is 2.12. The van der Waals surface area contributed by atoms with Gasteiger partial charge in [0.25, 0.3) is 0 Å². The maximum Gasteiger partial charge on any atom is 0.318 e. The molecule has 0 aromatic carbocycles. The highest BCUT2D eigenvalue weighted by atomic mass is 16.3. The summed E-state index contributed by atoms with van der Waals surface area (Å²) in [6.45, 7) is 3.61. The molecule has 0 saturated carbocycles. The molecule has 1 aromatic heterocycles. The van der Waals surface area contributed by atoms with Gasteiger partial charge in [0, 0.05) is 13.1 Å². The van der Waals surface area contributed by atoms with Crippen molar-refractivity contribution in [1.29, 1.82) is 0 Å². The molecule has 88 valence electrons. The Bertz CT molecular complexity index is 335. The van der Waals surface area contributed by atoms with Crippen LogP contribution in [-0.4, -0.2) is 24.0 Å². The largest absolute Gasteiger partial charge is 0.467 e. The molecule has 2 rings (SSSR count). The third kappa shape index (κ3) is 2.21. The molecule has 16 heavy (non-hydrogen) atoms. The highest BCUT2D eigenvalue weighted by Crippen LogP contribution is 2.31. The van der Waals surface area contributed by atoms with Crippen LogP contribution in [0.3, 0.4) is 0 Å². The second-order valence-electron chi connectivity index (χ2n) is 4.10. The minimum Gasteiger partial charge on any atom is -0.467 e. The van der Waals surface area contributed by atoms with Crippen LogP contribution < -0.4 is 5.32 Å². The van der Waals surface area contributed by atoms with Crippen molar-refractivity contribution in [1.82, 2.24) is 10.2 Å². The summed E-state index contributed by atoms with van der Waals surface area (Å²) in [4.78, 5) is 13.8. The molecule has 4 heteroatoms. The summed E-state index contributed by atoms with van der Waals surface area (Å²) in [7, 11) is 0. The molecule has 0 bridgehead atoms. The summed E-state index contributed by atoms with van der Waals surface area (Å²) >= 11 is 0. The summed E-state index contributed by atoms with van der Waals surface area (Å²) in [6, 6.07) is 3.96. The average molecular weight is 222 g/mol. The molecule has 0 radical (unpaired) electrons. The van der Waals surface area contributed by atoms with Crippen molar-refractivity contribution in [3.63, 3.8) is 0 Å². The molecule has 0 spiro atoms. The summed E-state index contributed by atoms with van der Waals surface area (Å²) in [6.07, 6.45) is 4.67.